The summed E-state index contributed by atoms with van der Waals surface area (Å²) in [5.74, 6) is -2.28. The quantitative estimate of drug-likeness (QED) is 0.0884. The average Bonchev–Trinajstić information content (AvgIpc) is 3.47. The number of carbonyl (C=O) groups excluding carboxylic acids is 2. The van der Waals surface area contributed by atoms with Crippen molar-refractivity contribution in [3.05, 3.63) is 94.2 Å². The Morgan fingerprint density at radius 2 is 1.37 bits per heavy atom. The molecule has 0 saturated carbocycles. The van der Waals surface area contributed by atoms with Crippen molar-refractivity contribution in [3.8, 4) is 0 Å². The summed E-state index contributed by atoms with van der Waals surface area (Å²) >= 11 is 0. The van der Waals surface area contributed by atoms with Crippen LogP contribution in [0.15, 0.2) is 66.4 Å². The van der Waals surface area contributed by atoms with Gasteiger partial charge in [-0.3, -0.25) is 14.1 Å². The third kappa shape index (κ3) is 14.8. The van der Waals surface area contributed by atoms with Gasteiger partial charge in [-0.1, -0.05) is 45.9 Å². The Balaban J connectivity index is 0.00000152. The smallest absolute Gasteiger partial charge is 0.425 e. The van der Waals surface area contributed by atoms with Gasteiger partial charge in [-0.05, 0) is 69.0 Å². The second-order valence-corrected chi connectivity index (χ2v) is 19.1. The van der Waals surface area contributed by atoms with Crippen molar-refractivity contribution < 1.29 is 75.3 Å². The number of allylic oxidation sites excluding steroid dienone is 6. The van der Waals surface area contributed by atoms with E-state index in [1.807, 2.05) is 63.2 Å². The molecule has 0 saturated heterocycles. The number of ketones is 2. The molecule has 0 aliphatic carbocycles. The molecule has 0 radical (unpaired) electrons. The van der Waals surface area contributed by atoms with E-state index in [-0.39, 0.29) is 49.5 Å². The lowest BCUT2D eigenvalue weighted by Gasteiger charge is -2.27. The highest BCUT2D eigenvalue weighted by Gasteiger charge is 2.45. The summed E-state index contributed by atoms with van der Waals surface area (Å²) in [4.78, 5) is 40.4. The van der Waals surface area contributed by atoms with Gasteiger partial charge >= 0.3 is 27.2 Å². The lowest BCUT2D eigenvalue weighted by molar-refractivity contribution is -0.437. The number of rotatable bonds is 18. The largest absolute Gasteiger partial charge is 0.748 e. The van der Waals surface area contributed by atoms with Crippen LogP contribution in [-0.2, 0) is 52.3 Å². The number of Topliss-reactive ketones (excluding diaryl/α,β-unsaturated/α-hetero) is 2. The molecule has 2 heterocycles. The monoisotopic (exact) mass is 942 g/mol. The van der Waals surface area contributed by atoms with Gasteiger partial charge in [0, 0.05) is 77.2 Å². The van der Waals surface area contributed by atoms with E-state index in [1.54, 1.807) is 42.5 Å². The summed E-state index contributed by atoms with van der Waals surface area (Å²) < 4.78 is 120. The number of carboxylic acids is 1. The maximum atomic E-state index is 13.6. The molecule has 62 heavy (non-hydrogen) atoms. The molecule has 4 rings (SSSR count). The van der Waals surface area contributed by atoms with Gasteiger partial charge < -0.3 is 14.6 Å². The molecule has 0 spiro atoms. The van der Waals surface area contributed by atoms with Gasteiger partial charge in [0.15, 0.2) is 17.3 Å². The molecule has 2 aromatic rings. The summed E-state index contributed by atoms with van der Waals surface area (Å²) in [6, 6.07) is 8.24. The van der Waals surface area contributed by atoms with Gasteiger partial charge in [-0.2, -0.15) is 13.0 Å². The van der Waals surface area contributed by atoms with Gasteiger partial charge in [0.25, 0.3) is 10.1 Å². The van der Waals surface area contributed by atoms with E-state index in [4.69, 9.17) is 25.3 Å². The van der Waals surface area contributed by atoms with Crippen molar-refractivity contribution in [2.45, 2.75) is 90.9 Å². The molecule has 0 atom stereocenters. The number of hydrogen-bond donors (Lipinski definition) is 2. The lowest BCUT2D eigenvalue weighted by atomic mass is 9.79. The summed E-state index contributed by atoms with van der Waals surface area (Å²) in [5.41, 5.74) is 3.94. The van der Waals surface area contributed by atoms with Crippen LogP contribution in [0.2, 0.25) is 0 Å². The normalized spacial score (nSPS) is 15.7. The van der Waals surface area contributed by atoms with Crippen LogP contribution in [0.25, 0.3) is 0 Å². The fourth-order valence-corrected chi connectivity index (χ4v) is 8.43. The van der Waals surface area contributed by atoms with Crippen molar-refractivity contribution in [1.82, 2.24) is 0 Å². The second-order valence-electron chi connectivity index (χ2n) is 15.2. The first-order valence-corrected chi connectivity index (χ1v) is 24.3. The van der Waals surface area contributed by atoms with Crippen LogP contribution < -0.4 is 4.90 Å². The van der Waals surface area contributed by atoms with Crippen LogP contribution in [-0.4, -0.2) is 109 Å². The molecule has 0 bridgehead atoms. The Morgan fingerprint density at radius 3 is 1.90 bits per heavy atom. The minimum Gasteiger partial charge on any atom is -0.748 e. The molecule has 2 aliphatic heterocycles. The molecule has 0 aromatic heterocycles. The Bertz CT molecular complexity index is 2600. The SMILES string of the molecule is CCCC(=O)c1cc(C(=O)CCC)c2c(c1)N(CCCS(=O)(=O)[O-])C(=CC=CC=CC1=[N+](CCCS(=O)(=O)O)c3ccc(C(=O)O)cc3C1(C)C)C2(C)C.O=S(=O)=O.O=S(=O)=O. The third-order valence-corrected chi connectivity index (χ3v) is 11.6. The molecule has 2 aromatic carbocycles. The highest BCUT2D eigenvalue weighted by atomic mass is 32.2. The number of aromatic carboxylic acids is 1. The van der Waals surface area contributed by atoms with E-state index < -0.39 is 69.8 Å². The van der Waals surface area contributed by atoms with Crippen LogP contribution >= 0.6 is 0 Å². The van der Waals surface area contributed by atoms with Gasteiger partial charge in [0.1, 0.15) is 6.54 Å². The maximum absolute atomic E-state index is 13.6. The number of nitrogens with zero attached hydrogens (tertiary/aromatic N) is 2. The van der Waals surface area contributed by atoms with Crippen LogP contribution in [0.1, 0.15) is 122 Å². The predicted octanol–water partition coefficient (Wildman–Crippen LogP) is 4.73. The van der Waals surface area contributed by atoms with Crippen LogP contribution in [0.3, 0.4) is 0 Å². The summed E-state index contributed by atoms with van der Waals surface area (Å²) in [6.45, 7) is 12.0. The van der Waals surface area contributed by atoms with Gasteiger partial charge in [-0.15, -0.1) is 25.3 Å². The van der Waals surface area contributed by atoms with E-state index in [0.717, 1.165) is 28.2 Å². The fraction of sp³-hybridized carbons (Fsp3) is 0.450. The number of anilines is 1. The third-order valence-electron chi connectivity index (χ3n) is 9.97. The van der Waals surface area contributed by atoms with Crippen molar-refractivity contribution in [3.63, 3.8) is 0 Å². The molecular formula is C40H50N2O16S4. The molecule has 340 valence electrons. The Kier molecular flexibility index (Phi) is 19.2. The zero-order chi connectivity index (χ0) is 47.4. The highest BCUT2D eigenvalue weighted by Crippen LogP contribution is 2.50. The molecule has 18 nitrogen and oxygen atoms in total. The Hall–Kier alpha value is -5.00. The number of benzene rings is 2. The molecular weight excluding hydrogens is 893 g/mol. The van der Waals surface area contributed by atoms with E-state index in [9.17, 15) is 45.4 Å². The molecule has 2 N–H and O–H groups in total. The van der Waals surface area contributed by atoms with E-state index in [2.05, 4.69) is 0 Å². The van der Waals surface area contributed by atoms with E-state index in [1.165, 1.54) is 6.07 Å². The second kappa shape index (κ2) is 22.4. The van der Waals surface area contributed by atoms with Crippen molar-refractivity contribution >= 4 is 76.1 Å². The molecule has 0 fully saturated rings. The standard InChI is InChI=1S/C40H50N2O10S2.2O3S/c1-7-14-33(43)28-24-29(34(44)15-8-2)37-32(26-28)42(21-13-23-54(50,51)52)36(40(37,5)6)17-11-9-10-16-35-39(3,4)30-25-27(38(45)46)18-19-31(30)41(35)20-12-22-53(47,48)49;2*1-4(2)3/h9-11,16-19,24-26H,7-8,12-15,20-23H2,1-6H3,(H2-,45,46,47,48,49,50,51,52);;. The Labute approximate surface area is 364 Å². The first-order chi connectivity index (χ1) is 28.6. The maximum Gasteiger partial charge on any atom is 0.425 e. The number of hydrogen-bond acceptors (Lipinski definition) is 15. The minimum absolute atomic E-state index is 0.0264. The van der Waals surface area contributed by atoms with Crippen molar-refractivity contribution in [1.29, 1.82) is 0 Å². The summed E-state index contributed by atoms with van der Waals surface area (Å²) in [5, 5.41) is 9.64. The topological polar surface area (TPSA) is 292 Å². The summed E-state index contributed by atoms with van der Waals surface area (Å²) in [7, 11) is -14.9. The highest BCUT2D eigenvalue weighted by molar-refractivity contribution is 7.85. The number of fused-ring (bicyclic) bond motifs is 2. The number of carbonyl (C=O) groups is 3. The van der Waals surface area contributed by atoms with Gasteiger partial charge in [0.2, 0.25) is 5.69 Å². The molecule has 0 amide bonds. The van der Waals surface area contributed by atoms with E-state index >= 15 is 0 Å². The minimum atomic E-state index is -4.49. The van der Waals surface area contributed by atoms with Gasteiger partial charge in [0.05, 0.1) is 26.8 Å². The van der Waals surface area contributed by atoms with Crippen LogP contribution in [0, 0.1) is 0 Å². The molecule has 0 unspecified atom stereocenters. The first kappa shape index (κ1) is 53.1. The average molecular weight is 943 g/mol. The first-order valence-electron chi connectivity index (χ1n) is 19.1. The molecule has 2 aliphatic rings. The fourth-order valence-electron chi connectivity index (χ4n) is 7.46. The Morgan fingerprint density at radius 1 is 0.790 bits per heavy atom. The lowest BCUT2D eigenvalue weighted by Crippen LogP contribution is -2.28. The van der Waals surface area contributed by atoms with Crippen molar-refractivity contribution in [2.24, 2.45) is 0 Å². The zero-order valence-corrected chi connectivity index (χ0v) is 38.2. The number of carboxylic acid groups (broad SMARTS) is 1. The van der Waals surface area contributed by atoms with Crippen LogP contribution in [0.4, 0.5) is 11.4 Å². The predicted molar refractivity (Wildman–Crippen MR) is 227 cm³/mol. The van der Waals surface area contributed by atoms with Crippen LogP contribution in [0.5, 0.6) is 0 Å². The van der Waals surface area contributed by atoms with E-state index in [0.29, 0.717) is 36.1 Å². The molecule has 22 heteroatoms. The zero-order valence-electron chi connectivity index (χ0n) is 35.0. The van der Waals surface area contributed by atoms with Crippen molar-refractivity contribution in [2.75, 3.05) is 29.5 Å². The summed E-state index contributed by atoms with van der Waals surface area (Å²) in [6.07, 6.45) is 11.1. The van der Waals surface area contributed by atoms with Gasteiger partial charge in [-0.25, -0.2) is 13.2 Å².